The fourth-order valence-electron chi connectivity index (χ4n) is 1.96. The number of halogens is 1. The van der Waals surface area contributed by atoms with Crippen LogP contribution in [0.5, 0.6) is 5.75 Å². The van der Waals surface area contributed by atoms with E-state index in [0.717, 1.165) is 34.7 Å². The van der Waals surface area contributed by atoms with Gasteiger partial charge >= 0.3 is 0 Å². The predicted molar refractivity (Wildman–Crippen MR) is 83.8 cm³/mol. The van der Waals surface area contributed by atoms with Crippen LogP contribution in [-0.2, 0) is 20.2 Å². The molecule has 2 rings (SSSR count). The van der Waals surface area contributed by atoms with Gasteiger partial charge in [-0.25, -0.2) is 0 Å². The number of aromatic nitrogens is 2. The summed E-state index contributed by atoms with van der Waals surface area (Å²) in [6.45, 7) is 6.45. The lowest BCUT2D eigenvalue weighted by atomic mass is 10.2. The van der Waals surface area contributed by atoms with Crippen molar-refractivity contribution >= 4 is 15.9 Å². The molecule has 5 heteroatoms. The summed E-state index contributed by atoms with van der Waals surface area (Å²) in [6.07, 6.45) is 0. The van der Waals surface area contributed by atoms with Crippen molar-refractivity contribution in [1.82, 2.24) is 15.1 Å². The molecule has 0 amide bonds. The van der Waals surface area contributed by atoms with Crippen molar-refractivity contribution in [1.29, 1.82) is 0 Å². The molecule has 0 aliphatic carbocycles. The molecular weight excluding hydrogens is 318 g/mol. The molecule has 0 radical (unpaired) electrons. The maximum absolute atomic E-state index is 5.82. The molecule has 0 spiro atoms. The molecule has 0 fully saturated rings. The van der Waals surface area contributed by atoms with Crippen LogP contribution in [0.15, 0.2) is 28.7 Å². The largest absolute Gasteiger partial charge is 0.487 e. The molecule has 0 aliphatic heterocycles. The Morgan fingerprint density at radius 1 is 1.30 bits per heavy atom. The number of nitrogens with zero attached hydrogens (tertiary/aromatic N) is 2. The third-order valence-electron chi connectivity index (χ3n) is 3.14. The predicted octanol–water partition coefficient (Wildman–Crippen LogP) is 3.18. The average Bonchev–Trinajstić information content (AvgIpc) is 2.69. The smallest absolute Gasteiger partial charge is 0.131 e. The van der Waals surface area contributed by atoms with Crippen LogP contribution in [-0.4, -0.2) is 16.3 Å². The number of hydrogen-bond acceptors (Lipinski definition) is 3. The normalized spacial score (nSPS) is 10.8. The second kappa shape index (κ2) is 6.90. The highest BCUT2D eigenvalue weighted by Gasteiger charge is 2.10. The first-order chi connectivity index (χ1) is 9.61. The van der Waals surface area contributed by atoms with E-state index < -0.39 is 0 Å². The van der Waals surface area contributed by atoms with E-state index in [0.29, 0.717) is 6.61 Å². The van der Waals surface area contributed by atoms with E-state index in [1.807, 2.05) is 30.8 Å². The molecule has 1 aromatic heterocycles. The van der Waals surface area contributed by atoms with E-state index in [1.54, 1.807) is 0 Å². The van der Waals surface area contributed by atoms with Crippen LogP contribution >= 0.6 is 15.9 Å². The molecule has 20 heavy (non-hydrogen) atoms. The van der Waals surface area contributed by atoms with Crippen LogP contribution in [0.4, 0.5) is 0 Å². The number of nitrogens with one attached hydrogen (secondary N) is 1. The summed E-state index contributed by atoms with van der Waals surface area (Å²) in [5.74, 6) is 0.871. The van der Waals surface area contributed by atoms with E-state index in [1.165, 1.54) is 5.56 Å². The molecule has 0 bridgehead atoms. The van der Waals surface area contributed by atoms with Crippen molar-refractivity contribution in [3.8, 4) is 5.75 Å². The highest BCUT2D eigenvalue weighted by atomic mass is 79.9. The second-order valence-corrected chi connectivity index (χ2v) is 5.48. The lowest BCUT2D eigenvalue weighted by molar-refractivity contribution is 0.294. The lowest BCUT2D eigenvalue weighted by Gasteiger charge is -2.08. The van der Waals surface area contributed by atoms with Crippen molar-refractivity contribution in [2.24, 2.45) is 7.05 Å². The fraction of sp³-hybridized carbons (Fsp3) is 0.400. The zero-order valence-corrected chi connectivity index (χ0v) is 13.7. The summed E-state index contributed by atoms with van der Waals surface area (Å²) >= 11 is 3.54. The van der Waals surface area contributed by atoms with E-state index in [9.17, 15) is 0 Å². The Bertz CT molecular complexity index is 563. The maximum atomic E-state index is 5.82. The van der Waals surface area contributed by atoms with Crippen LogP contribution in [0.3, 0.4) is 0 Å². The first-order valence-electron chi connectivity index (χ1n) is 6.72. The van der Waals surface area contributed by atoms with Crippen LogP contribution in [0, 0.1) is 6.92 Å². The fourth-order valence-corrected chi connectivity index (χ4v) is 2.41. The van der Waals surface area contributed by atoms with Gasteiger partial charge in [0, 0.05) is 13.6 Å². The summed E-state index contributed by atoms with van der Waals surface area (Å²) in [6, 6.07) is 8.18. The summed E-state index contributed by atoms with van der Waals surface area (Å²) in [7, 11) is 1.93. The highest BCUT2D eigenvalue weighted by Crippen LogP contribution is 2.22. The Balaban J connectivity index is 1.97. The van der Waals surface area contributed by atoms with Gasteiger partial charge in [0.2, 0.25) is 0 Å². The summed E-state index contributed by atoms with van der Waals surface area (Å²) in [5.41, 5.74) is 3.28. The van der Waals surface area contributed by atoms with Crippen molar-refractivity contribution in [3.63, 3.8) is 0 Å². The maximum Gasteiger partial charge on any atom is 0.131 e. The molecule has 0 unspecified atom stereocenters. The summed E-state index contributed by atoms with van der Waals surface area (Å²) < 4.78 is 8.68. The van der Waals surface area contributed by atoms with Gasteiger partial charge in [0.1, 0.15) is 12.4 Å². The molecule has 1 N–H and O–H groups in total. The molecule has 0 saturated heterocycles. The topological polar surface area (TPSA) is 39.1 Å². The molecule has 1 aromatic carbocycles. The van der Waals surface area contributed by atoms with Crippen molar-refractivity contribution in [3.05, 3.63) is 45.7 Å². The Kier molecular flexibility index (Phi) is 5.20. The molecule has 2 aromatic rings. The van der Waals surface area contributed by atoms with Gasteiger partial charge in [-0.3, -0.25) is 4.68 Å². The minimum absolute atomic E-state index is 0.504. The Morgan fingerprint density at radius 3 is 2.55 bits per heavy atom. The van der Waals surface area contributed by atoms with Gasteiger partial charge in [-0.15, -0.1) is 0 Å². The zero-order valence-electron chi connectivity index (χ0n) is 12.1. The monoisotopic (exact) mass is 337 g/mol. The van der Waals surface area contributed by atoms with E-state index in [2.05, 4.69) is 45.4 Å². The Labute approximate surface area is 128 Å². The number of benzene rings is 1. The standard InChI is InChI=1S/C15H20BrN3O/c1-4-17-9-12-5-7-13(8-6-12)20-10-14-15(16)11(2)18-19(14)3/h5-8,17H,4,9-10H2,1-3H3. The third-order valence-corrected chi connectivity index (χ3v) is 4.17. The Hall–Kier alpha value is -1.33. The molecule has 0 aliphatic rings. The molecule has 1 heterocycles. The summed E-state index contributed by atoms with van der Waals surface area (Å²) in [5, 5.41) is 7.65. The zero-order chi connectivity index (χ0) is 14.5. The number of hydrogen-bond donors (Lipinski definition) is 1. The van der Waals surface area contributed by atoms with Gasteiger partial charge in [-0.2, -0.15) is 5.10 Å². The molecule has 108 valence electrons. The minimum Gasteiger partial charge on any atom is -0.487 e. The van der Waals surface area contributed by atoms with Gasteiger partial charge in [0.05, 0.1) is 15.9 Å². The van der Waals surface area contributed by atoms with Gasteiger partial charge < -0.3 is 10.1 Å². The van der Waals surface area contributed by atoms with Crippen molar-refractivity contribution < 1.29 is 4.74 Å². The summed E-state index contributed by atoms with van der Waals surface area (Å²) in [4.78, 5) is 0. The van der Waals surface area contributed by atoms with E-state index in [4.69, 9.17) is 4.74 Å². The van der Waals surface area contributed by atoms with Crippen LogP contribution < -0.4 is 10.1 Å². The van der Waals surface area contributed by atoms with Crippen LogP contribution in [0.2, 0.25) is 0 Å². The van der Waals surface area contributed by atoms with Gasteiger partial charge in [0.25, 0.3) is 0 Å². The van der Waals surface area contributed by atoms with Crippen molar-refractivity contribution in [2.45, 2.75) is 27.0 Å². The number of rotatable bonds is 6. The highest BCUT2D eigenvalue weighted by molar-refractivity contribution is 9.10. The minimum atomic E-state index is 0.504. The SMILES string of the molecule is CCNCc1ccc(OCc2c(Br)c(C)nn2C)cc1. The quantitative estimate of drug-likeness (QED) is 0.879. The lowest BCUT2D eigenvalue weighted by Crippen LogP contribution is -2.11. The van der Waals surface area contributed by atoms with Gasteiger partial charge in [-0.1, -0.05) is 19.1 Å². The molecule has 4 nitrogen and oxygen atoms in total. The van der Waals surface area contributed by atoms with Gasteiger partial charge in [0.15, 0.2) is 0 Å². The average molecular weight is 338 g/mol. The number of aryl methyl sites for hydroxylation is 2. The first kappa shape index (κ1) is 15.1. The first-order valence-corrected chi connectivity index (χ1v) is 7.51. The van der Waals surface area contributed by atoms with Crippen LogP contribution in [0.1, 0.15) is 23.9 Å². The van der Waals surface area contributed by atoms with E-state index >= 15 is 0 Å². The third kappa shape index (κ3) is 3.61. The number of ether oxygens (including phenoxy) is 1. The molecule has 0 atom stereocenters. The van der Waals surface area contributed by atoms with Gasteiger partial charge in [-0.05, 0) is 47.1 Å². The molecular formula is C15H20BrN3O. The van der Waals surface area contributed by atoms with Crippen LogP contribution in [0.25, 0.3) is 0 Å². The second-order valence-electron chi connectivity index (χ2n) is 4.68. The molecule has 0 saturated carbocycles. The van der Waals surface area contributed by atoms with Crippen molar-refractivity contribution in [2.75, 3.05) is 6.54 Å². The van der Waals surface area contributed by atoms with E-state index in [-0.39, 0.29) is 0 Å². The Morgan fingerprint density at radius 2 is 2.00 bits per heavy atom.